The van der Waals surface area contributed by atoms with Gasteiger partial charge in [0.1, 0.15) is 12.4 Å². The highest BCUT2D eigenvalue weighted by atomic mass is 32.1. The number of thiazole rings is 1. The fourth-order valence-electron chi connectivity index (χ4n) is 2.14. The fraction of sp³-hybridized carbons (Fsp3) is 0.353. The van der Waals surface area contributed by atoms with Crippen LogP contribution in [0.5, 0.6) is 5.75 Å². The summed E-state index contributed by atoms with van der Waals surface area (Å²) >= 11 is 1.76. The Morgan fingerprint density at radius 3 is 2.62 bits per heavy atom. The molecular formula is C17H20N2OS. The van der Waals surface area contributed by atoms with E-state index in [0.717, 1.165) is 23.0 Å². The van der Waals surface area contributed by atoms with Crippen molar-refractivity contribution >= 4 is 11.3 Å². The molecule has 0 spiro atoms. The molecule has 1 aromatic heterocycles. The third-order valence-corrected chi connectivity index (χ3v) is 4.45. The molecule has 110 valence electrons. The van der Waals surface area contributed by atoms with Gasteiger partial charge < -0.3 is 10.1 Å². The molecule has 0 aliphatic rings. The average molecular weight is 300 g/mol. The van der Waals surface area contributed by atoms with Gasteiger partial charge in [0.2, 0.25) is 0 Å². The zero-order valence-electron chi connectivity index (χ0n) is 12.6. The van der Waals surface area contributed by atoms with E-state index in [4.69, 9.17) is 11.2 Å². The number of rotatable bonds is 6. The second-order valence-electron chi connectivity index (χ2n) is 4.92. The lowest BCUT2D eigenvalue weighted by atomic mass is 10.2. The molecule has 0 fully saturated rings. The molecular weight excluding hydrogens is 280 g/mol. The first-order chi connectivity index (χ1) is 10.1. The van der Waals surface area contributed by atoms with Gasteiger partial charge in [0.25, 0.3) is 0 Å². The topological polar surface area (TPSA) is 34.1 Å². The van der Waals surface area contributed by atoms with Crippen molar-refractivity contribution < 1.29 is 4.74 Å². The summed E-state index contributed by atoms with van der Waals surface area (Å²) in [6, 6.07) is 8.29. The SMILES string of the molecule is C#CCOc1ccc(CNC(C)c2sc(C)nc2C)cc1. The number of aryl methyl sites for hydroxylation is 2. The Kier molecular flexibility index (Phi) is 5.38. The highest BCUT2D eigenvalue weighted by Gasteiger charge is 2.12. The third kappa shape index (κ3) is 4.32. The Labute approximate surface area is 130 Å². The summed E-state index contributed by atoms with van der Waals surface area (Å²) in [5, 5.41) is 4.65. The van der Waals surface area contributed by atoms with E-state index in [-0.39, 0.29) is 0 Å². The summed E-state index contributed by atoms with van der Waals surface area (Å²) in [5.41, 5.74) is 2.34. The molecule has 0 radical (unpaired) electrons. The number of nitrogens with one attached hydrogen (secondary N) is 1. The van der Waals surface area contributed by atoms with E-state index < -0.39 is 0 Å². The van der Waals surface area contributed by atoms with Crippen LogP contribution in [0.2, 0.25) is 0 Å². The van der Waals surface area contributed by atoms with Crippen LogP contribution >= 0.6 is 11.3 Å². The van der Waals surface area contributed by atoms with Gasteiger partial charge in [-0.05, 0) is 38.5 Å². The maximum atomic E-state index is 5.36. The van der Waals surface area contributed by atoms with Crippen LogP contribution in [0.15, 0.2) is 24.3 Å². The maximum Gasteiger partial charge on any atom is 0.148 e. The maximum absolute atomic E-state index is 5.36. The molecule has 2 aromatic rings. The van der Waals surface area contributed by atoms with Crippen molar-refractivity contribution in [3.05, 3.63) is 45.4 Å². The monoisotopic (exact) mass is 300 g/mol. The van der Waals surface area contributed by atoms with E-state index in [1.807, 2.05) is 19.1 Å². The highest BCUT2D eigenvalue weighted by molar-refractivity contribution is 7.11. The summed E-state index contributed by atoms with van der Waals surface area (Å²) in [7, 11) is 0. The molecule has 0 saturated heterocycles. The van der Waals surface area contributed by atoms with E-state index in [1.54, 1.807) is 11.3 Å². The zero-order chi connectivity index (χ0) is 15.2. The number of hydrogen-bond donors (Lipinski definition) is 1. The zero-order valence-corrected chi connectivity index (χ0v) is 13.5. The minimum atomic E-state index is 0.300. The Hall–Kier alpha value is -1.83. The summed E-state index contributed by atoms with van der Waals surface area (Å²) in [6.45, 7) is 7.40. The highest BCUT2D eigenvalue weighted by Crippen LogP contribution is 2.24. The van der Waals surface area contributed by atoms with Crippen molar-refractivity contribution in [1.29, 1.82) is 0 Å². The lowest BCUT2D eigenvalue weighted by Gasteiger charge is -2.13. The first kappa shape index (κ1) is 15.6. The Bertz CT molecular complexity index is 625. The second-order valence-corrected chi connectivity index (χ2v) is 6.16. The first-order valence-corrected chi connectivity index (χ1v) is 7.74. The van der Waals surface area contributed by atoms with E-state index in [9.17, 15) is 0 Å². The summed E-state index contributed by atoms with van der Waals surface area (Å²) in [4.78, 5) is 5.78. The van der Waals surface area contributed by atoms with Crippen LogP contribution in [0.25, 0.3) is 0 Å². The molecule has 0 bridgehead atoms. The van der Waals surface area contributed by atoms with Gasteiger partial charge >= 0.3 is 0 Å². The van der Waals surface area contributed by atoms with Gasteiger partial charge in [-0.3, -0.25) is 0 Å². The Morgan fingerprint density at radius 1 is 1.33 bits per heavy atom. The number of aromatic nitrogens is 1. The molecule has 3 nitrogen and oxygen atoms in total. The van der Waals surface area contributed by atoms with Crippen molar-refractivity contribution in [3.8, 4) is 18.1 Å². The summed E-state index contributed by atoms with van der Waals surface area (Å²) in [5.74, 6) is 3.26. The number of terminal acetylenes is 1. The van der Waals surface area contributed by atoms with Crippen LogP contribution in [-0.2, 0) is 6.54 Å². The van der Waals surface area contributed by atoms with Crippen LogP contribution in [0.1, 0.15) is 34.1 Å². The smallest absolute Gasteiger partial charge is 0.148 e. The third-order valence-electron chi connectivity index (χ3n) is 3.19. The standard InChI is InChI=1S/C17H20N2OS/c1-5-10-20-16-8-6-15(7-9-16)11-18-12(2)17-13(3)19-14(4)21-17/h1,6-9,12,18H,10-11H2,2-4H3. The van der Waals surface area contributed by atoms with Crippen LogP contribution in [-0.4, -0.2) is 11.6 Å². The predicted octanol–water partition coefficient (Wildman–Crippen LogP) is 3.62. The van der Waals surface area contributed by atoms with E-state index in [1.165, 1.54) is 10.4 Å². The van der Waals surface area contributed by atoms with E-state index >= 15 is 0 Å². The van der Waals surface area contributed by atoms with Gasteiger partial charge in [-0.2, -0.15) is 0 Å². The molecule has 21 heavy (non-hydrogen) atoms. The number of hydrogen-bond acceptors (Lipinski definition) is 4. The minimum Gasteiger partial charge on any atom is -0.481 e. The summed E-state index contributed by atoms with van der Waals surface area (Å²) in [6.07, 6.45) is 5.17. The molecule has 1 aromatic carbocycles. The predicted molar refractivity (Wildman–Crippen MR) is 87.6 cm³/mol. The lowest BCUT2D eigenvalue weighted by Crippen LogP contribution is -2.17. The quantitative estimate of drug-likeness (QED) is 0.827. The van der Waals surface area contributed by atoms with Gasteiger partial charge in [-0.25, -0.2) is 4.98 Å². The van der Waals surface area contributed by atoms with E-state index in [2.05, 4.69) is 42.2 Å². The van der Waals surface area contributed by atoms with Gasteiger partial charge in [0.15, 0.2) is 0 Å². The minimum absolute atomic E-state index is 0.300. The number of nitrogens with zero attached hydrogens (tertiary/aromatic N) is 1. The van der Waals surface area contributed by atoms with Crippen molar-refractivity contribution in [3.63, 3.8) is 0 Å². The van der Waals surface area contributed by atoms with Gasteiger partial charge in [0, 0.05) is 17.5 Å². The van der Waals surface area contributed by atoms with Gasteiger partial charge in [-0.15, -0.1) is 17.8 Å². The van der Waals surface area contributed by atoms with Crippen molar-refractivity contribution in [1.82, 2.24) is 10.3 Å². The molecule has 0 saturated carbocycles. The number of ether oxygens (including phenoxy) is 1. The summed E-state index contributed by atoms with van der Waals surface area (Å²) < 4.78 is 5.36. The van der Waals surface area contributed by atoms with Gasteiger partial charge in [-0.1, -0.05) is 18.1 Å². The molecule has 1 N–H and O–H groups in total. The largest absolute Gasteiger partial charge is 0.481 e. The molecule has 1 atom stereocenters. The van der Waals surface area contributed by atoms with Crippen LogP contribution < -0.4 is 10.1 Å². The fourth-order valence-corrected chi connectivity index (χ4v) is 3.10. The van der Waals surface area contributed by atoms with Crippen molar-refractivity contribution in [2.24, 2.45) is 0 Å². The van der Waals surface area contributed by atoms with Crippen LogP contribution in [0, 0.1) is 26.2 Å². The molecule has 1 heterocycles. The Morgan fingerprint density at radius 2 is 2.05 bits per heavy atom. The molecule has 4 heteroatoms. The van der Waals surface area contributed by atoms with Crippen molar-refractivity contribution in [2.45, 2.75) is 33.4 Å². The Balaban J connectivity index is 1.90. The number of benzene rings is 1. The first-order valence-electron chi connectivity index (χ1n) is 6.92. The average Bonchev–Trinajstić information content (AvgIpc) is 2.82. The van der Waals surface area contributed by atoms with E-state index in [0.29, 0.717) is 12.6 Å². The molecule has 0 amide bonds. The van der Waals surface area contributed by atoms with Crippen LogP contribution in [0.3, 0.4) is 0 Å². The van der Waals surface area contributed by atoms with Crippen molar-refractivity contribution in [2.75, 3.05) is 6.61 Å². The second kappa shape index (κ2) is 7.26. The van der Waals surface area contributed by atoms with Gasteiger partial charge in [0.05, 0.1) is 10.7 Å². The lowest BCUT2D eigenvalue weighted by molar-refractivity contribution is 0.370. The molecule has 0 aliphatic heterocycles. The molecule has 2 rings (SSSR count). The molecule has 0 aliphatic carbocycles. The molecule has 1 unspecified atom stereocenters. The van der Waals surface area contributed by atoms with Crippen LogP contribution in [0.4, 0.5) is 0 Å². The normalized spacial score (nSPS) is 11.9.